The summed E-state index contributed by atoms with van der Waals surface area (Å²) in [6.45, 7) is 0.189. The van der Waals surface area contributed by atoms with Gasteiger partial charge in [0.05, 0.1) is 11.4 Å². The van der Waals surface area contributed by atoms with Crippen molar-refractivity contribution < 1.29 is 17.1 Å². The third kappa shape index (κ3) is 3.24. The van der Waals surface area contributed by atoms with Crippen LogP contribution < -0.4 is 9.80 Å². The molecule has 1 unspecified atom stereocenters. The first kappa shape index (κ1) is 14.7. The van der Waals surface area contributed by atoms with E-state index in [0.717, 1.165) is 0 Å². The number of anilines is 2. The van der Waals surface area contributed by atoms with Gasteiger partial charge in [-0.15, -0.1) is 3.89 Å². The summed E-state index contributed by atoms with van der Waals surface area (Å²) in [7, 11) is -0.965. The van der Waals surface area contributed by atoms with Gasteiger partial charge in [-0.05, 0) is 12.1 Å². The van der Waals surface area contributed by atoms with Gasteiger partial charge in [-0.2, -0.15) is 8.42 Å². The second kappa shape index (κ2) is 5.35. The van der Waals surface area contributed by atoms with E-state index in [1.165, 1.54) is 4.90 Å². The van der Waals surface area contributed by atoms with Crippen LogP contribution in [0.5, 0.6) is 0 Å². The first-order valence-corrected chi connectivity index (χ1v) is 7.68. The number of pyridine rings is 1. The van der Waals surface area contributed by atoms with Gasteiger partial charge in [-0.25, -0.2) is 4.98 Å². The summed E-state index contributed by atoms with van der Waals surface area (Å²) in [6.07, 6.45) is 1.65. The standard InChI is InChI=1S/C12H16FN3O3S/c1-15(2)12-10(4-3-5-14-12)16-7-9(6-11(16)17)8-20(13,18)19/h3-5,9H,6-8H2,1-2H3. The molecule has 1 fully saturated rings. The van der Waals surface area contributed by atoms with Crippen molar-refractivity contribution >= 4 is 27.6 Å². The van der Waals surface area contributed by atoms with Crippen molar-refractivity contribution in [2.75, 3.05) is 36.2 Å². The molecule has 0 aromatic carbocycles. The minimum atomic E-state index is -4.57. The van der Waals surface area contributed by atoms with Crippen molar-refractivity contribution in [1.82, 2.24) is 4.98 Å². The number of rotatable bonds is 4. The summed E-state index contributed by atoms with van der Waals surface area (Å²) < 4.78 is 34.1. The Bertz CT molecular complexity index is 618. The summed E-state index contributed by atoms with van der Waals surface area (Å²) in [4.78, 5) is 19.4. The number of hydrogen-bond donors (Lipinski definition) is 0. The zero-order chi connectivity index (χ0) is 14.9. The molecule has 8 heteroatoms. The molecule has 6 nitrogen and oxygen atoms in total. The molecule has 110 valence electrons. The molecule has 1 aromatic rings. The molecule has 1 amide bonds. The van der Waals surface area contributed by atoms with E-state index in [4.69, 9.17) is 0 Å². The number of carbonyl (C=O) groups excluding carboxylic acids is 1. The average molecular weight is 301 g/mol. The fourth-order valence-electron chi connectivity index (χ4n) is 2.35. The third-order valence-corrected chi connectivity index (χ3v) is 3.99. The highest BCUT2D eigenvalue weighted by atomic mass is 32.3. The van der Waals surface area contributed by atoms with E-state index in [9.17, 15) is 17.1 Å². The Morgan fingerprint density at radius 2 is 2.20 bits per heavy atom. The van der Waals surface area contributed by atoms with Crippen LogP contribution in [0.2, 0.25) is 0 Å². The summed E-state index contributed by atoms with van der Waals surface area (Å²) in [5.74, 6) is -0.737. The van der Waals surface area contributed by atoms with Crippen LogP contribution in [0.1, 0.15) is 6.42 Å². The predicted octanol–water partition coefficient (Wildman–Crippen LogP) is 0.800. The Morgan fingerprint density at radius 3 is 2.80 bits per heavy atom. The Balaban J connectivity index is 2.24. The van der Waals surface area contributed by atoms with Gasteiger partial charge < -0.3 is 9.80 Å². The predicted molar refractivity (Wildman–Crippen MR) is 73.9 cm³/mol. The van der Waals surface area contributed by atoms with Gasteiger partial charge in [0.25, 0.3) is 0 Å². The molecule has 1 aliphatic rings. The van der Waals surface area contributed by atoms with Crippen molar-refractivity contribution in [3.05, 3.63) is 18.3 Å². The van der Waals surface area contributed by atoms with Gasteiger partial charge in [0.15, 0.2) is 5.82 Å². The highest BCUT2D eigenvalue weighted by Gasteiger charge is 2.34. The molecular weight excluding hydrogens is 285 g/mol. The first-order valence-electron chi connectivity index (χ1n) is 6.13. The number of carbonyl (C=O) groups is 1. The molecule has 2 heterocycles. The second-order valence-electron chi connectivity index (χ2n) is 5.02. The topological polar surface area (TPSA) is 70.6 Å². The number of aromatic nitrogens is 1. The Kier molecular flexibility index (Phi) is 3.94. The summed E-state index contributed by atoms with van der Waals surface area (Å²) in [5.41, 5.74) is 0.612. The van der Waals surface area contributed by atoms with Crippen LogP contribution >= 0.6 is 0 Å². The number of amides is 1. The lowest BCUT2D eigenvalue weighted by Gasteiger charge is -2.22. The fraction of sp³-hybridized carbons (Fsp3) is 0.500. The molecule has 0 saturated carbocycles. The Hall–Kier alpha value is -1.70. The van der Waals surface area contributed by atoms with E-state index in [1.807, 2.05) is 0 Å². The van der Waals surface area contributed by atoms with Crippen LogP contribution in [0.15, 0.2) is 18.3 Å². The van der Waals surface area contributed by atoms with Crippen LogP contribution in [0.3, 0.4) is 0 Å². The highest BCUT2D eigenvalue weighted by Crippen LogP contribution is 2.31. The van der Waals surface area contributed by atoms with Gasteiger partial charge in [0, 0.05) is 39.2 Å². The van der Waals surface area contributed by atoms with Gasteiger partial charge >= 0.3 is 10.2 Å². The van der Waals surface area contributed by atoms with Crippen molar-refractivity contribution in [2.24, 2.45) is 5.92 Å². The molecule has 1 aliphatic heterocycles. The molecular formula is C12H16FN3O3S. The number of halogens is 1. The largest absolute Gasteiger partial charge is 0.361 e. The molecule has 0 radical (unpaired) electrons. The second-order valence-corrected chi connectivity index (χ2v) is 6.43. The van der Waals surface area contributed by atoms with Crippen molar-refractivity contribution in [1.29, 1.82) is 0 Å². The summed E-state index contributed by atoms with van der Waals surface area (Å²) in [5, 5.41) is 0. The van der Waals surface area contributed by atoms with E-state index in [2.05, 4.69) is 4.98 Å². The van der Waals surface area contributed by atoms with Crippen LogP contribution in [0.25, 0.3) is 0 Å². The average Bonchev–Trinajstić information content (AvgIpc) is 2.67. The molecule has 0 N–H and O–H groups in total. The third-order valence-electron chi connectivity index (χ3n) is 3.12. The first-order chi connectivity index (χ1) is 9.28. The summed E-state index contributed by atoms with van der Waals surface area (Å²) in [6, 6.07) is 3.45. The lowest BCUT2D eigenvalue weighted by Crippen LogP contribution is -2.28. The zero-order valence-corrected chi connectivity index (χ0v) is 12.1. The monoisotopic (exact) mass is 301 g/mol. The molecule has 0 spiro atoms. The number of nitrogens with zero attached hydrogens (tertiary/aromatic N) is 3. The Morgan fingerprint density at radius 1 is 1.50 bits per heavy atom. The zero-order valence-electron chi connectivity index (χ0n) is 11.3. The SMILES string of the molecule is CN(C)c1ncccc1N1CC(CS(=O)(=O)F)CC1=O. The van der Waals surface area contributed by atoms with Crippen LogP contribution in [-0.4, -0.2) is 45.7 Å². The van der Waals surface area contributed by atoms with E-state index >= 15 is 0 Å². The smallest absolute Gasteiger partial charge is 0.302 e. The van der Waals surface area contributed by atoms with Crippen LogP contribution in [0, 0.1) is 5.92 Å². The lowest BCUT2D eigenvalue weighted by atomic mass is 10.1. The molecule has 20 heavy (non-hydrogen) atoms. The lowest BCUT2D eigenvalue weighted by molar-refractivity contribution is -0.117. The molecule has 1 atom stereocenters. The highest BCUT2D eigenvalue weighted by molar-refractivity contribution is 7.86. The maximum Gasteiger partial charge on any atom is 0.302 e. The molecule has 2 rings (SSSR count). The number of hydrogen-bond acceptors (Lipinski definition) is 5. The maximum atomic E-state index is 12.7. The minimum absolute atomic E-state index is 0.0327. The molecule has 0 aliphatic carbocycles. The molecule has 0 bridgehead atoms. The van der Waals surface area contributed by atoms with Crippen molar-refractivity contribution in [2.45, 2.75) is 6.42 Å². The summed E-state index contributed by atoms with van der Waals surface area (Å²) >= 11 is 0. The minimum Gasteiger partial charge on any atom is -0.361 e. The molecule has 1 aromatic heterocycles. The van der Waals surface area contributed by atoms with Crippen molar-refractivity contribution in [3.63, 3.8) is 0 Å². The molecule has 1 saturated heterocycles. The van der Waals surface area contributed by atoms with Gasteiger partial charge in [0.2, 0.25) is 5.91 Å². The van der Waals surface area contributed by atoms with E-state index in [1.54, 1.807) is 37.3 Å². The van der Waals surface area contributed by atoms with E-state index in [0.29, 0.717) is 11.5 Å². The van der Waals surface area contributed by atoms with E-state index < -0.39 is 21.9 Å². The van der Waals surface area contributed by atoms with Gasteiger partial charge in [-0.1, -0.05) is 0 Å². The normalized spacial score (nSPS) is 19.4. The van der Waals surface area contributed by atoms with Crippen molar-refractivity contribution in [3.8, 4) is 0 Å². The van der Waals surface area contributed by atoms with Crippen LogP contribution in [0.4, 0.5) is 15.4 Å². The van der Waals surface area contributed by atoms with Gasteiger partial charge in [-0.3, -0.25) is 4.79 Å². The maximum absolute atomic E-state index is 12.7. The van der Waals surface area contributed by atoms with Crippen LogP contribution in [-0.2, 0) is 15.0 Å². The van der Waals surface area contributed by atoms with E-state index in [-0.39, 0.29) is 18.9 Å². The Labute approximate surface area is 117 Å². The quantitative estimate of drug-likeness (QED) is 0.769. The van der Waals surface area contributed by atoms with Gasteiger partial charge in [0.1, 0.15) is 0 Å². The fourth-order valence-corrected chi connectivity index (χ4v) is 3.14.